The minimum Gasteiger partial charge on any atom is -0.326 e. The third-order valence-corrected chi connectivity index (χ3v) is 4.68. The number of amides is 1. The summed E-state index contributed by atoms with van der Waals surface area (Å²) in [5, 5.41) is 10.6. The molecule has 0 bridgehead atoms. The van der Waals surface area contributed by atoms with Crippen LogP contribution in [0.1, 0.15) is 18.4 Å². The lowest BCUT2D eigenvalue weighted by molar-refractivity contribution is -0.120. The number of anilines is 1. The number of pyridine rings is 1. The highest BCUT2D eigenvalue weighted by molar-refractivity contribution is 5.92. The molecule has 1 aliphatic heterocycles. The first-order valence-corrected chi connectivity index (χ1v) is 8.85. The van der Waals surface area contributed by atoms with Gasteiger partial charge < -0.3 is 10.6 Å². The van der Waals surface area contributed by atoms with Crippen molar-refractivity contribution in [3.63, 3.8) is 0 Å². The molecule has 2 aromatic heterocycles. The van der Waals surface area contributed by atoms with Gasteiger partial charge in [0.05, 0.1) is 12.5 Å². The van der Waals surface area contributed by atoms with Gasteiger partial charge in [0.2, 0.25) is 5.91 Å². The smallest absolute Gasteiger partial charge is 0.326 e. The summed E-state index contributed by atoms with van der Waals surface area (Å²) in [7, 11) is 0. The molecule has 3 heterocycles. The molecule has 0 spiro atoms. The number of nitrogens with zero attached hydrogens (tertiary/aromatic N) is 3. The molecule has 7 nitrogen and oxygen atoms in total. The Labute approximate surface area is 162 Å². The highest BCUT2D eigenvalue weighted by Crippen LogP contribution is 2.16. The van der Waals surface area contributed by atoms with E-state index in [1.165, 1.54) is 9.08 Å². The number of nitrogens with one attached hydrogen (secondary N) is 2. The van der Waals surface area contributed by atoms with Gasteiger partial charge in [0.25, 0.3) is 0 Å². The van der Waals surface area contributed by atoms with Gasteiger partial charge >= 0.3 is 5.69 Å². The fourth-order valence-corrected chi connectivity index (χ4v) is 3.31. The van der Waals surface area contributed by atoms with Gasteiger partial charge in [-0.3, -0.25) is 9.20 Å². The standard InChI is InChI=1S/C19H21N5O2.ClH/c25-18(15-6-4-9-20-12-15)21-16-7-3-5-14(11-16)13-24-19(26)23-10-2-1-8-17(23)22-24;/h1-3,5,7-8,10-11,15,20H,4,6,9,12-13H2,(H,21,25);1H. The summed E-state index contributed by atoms with van der Waals surface area (Å²) in [4.78, 5) is 24.8. The Bertz CT molecular complexity index is 991. The van der Waals surface area contributed by atoms with Crippen LogP contribution in [0.4, 0.5) is 5.69 Å². The molecule has 1 unspecified atom stereocenters. The van der Waals surface area contributed by atoms with Crippen molar-refractivity contribution in [1.82, 2.24) is 19.5 Å². The lowest BCUT2D eigenvalue weighted by Crippen LogP contribution is -2.37. The summed E-state index contributed by atoms with van der Waals surface area (Å²) < 4.78 is 2.95. The number of halogens is 1. The Hall–Kier alpha value is -2.64. The number of carbonyl (C=O) groups excluding carboxylic acids is 1. The van der Waals surface area contributed by atoms with Crippen LogP contribution >= 0.6 is 12.4 Å². The minimum absolute atomic E-state index is 0. The van der Waals surface area contributed by atoms with Crippen LogP contribution < -0.4 is 16.3 Å². The summed E-state index contributed by atoms with van der Waals surface area (Å²) in [5.41, 5.74) is 2.10. The third-order valence-electron chi connectivity index (χ3n) is 4.68. The number of aromatic nitrogens is 3. The molecule has 0 radical (unpaired) electrons. The van der Waals surface area contributed by atoms with E-state index in [1.54, 1.807) is 18.3 Å². The molecule has 1 aromatic carbocycles. The van der Waals surface area contributed by atoms with E-state index in [0.29, 0.717) is 12.2 Å². The molecule has 2 N–H and O–H groups in total. The molecule has 8 heteroatoms. The molecule has 1 saturated heterocycles. The summed E-state index contributed by atoms with van der Waals surface area (Å²) >= 11 is 0. The second-order valence-electron chi connectivity index (χ2n) is 6.60. The minimum atomic E-state index is -0.177. The summed E-state index contributed by atoms with van der Waals surface area (Å²) in [6.07, 6.45) is 3.64. The van der Waals surface area contributed by atoms with Crippen molar-refractivity contribution < 1.29 is 4.79 Å². The number of rotatable bonds is 4. The van der Waals surface area contributed by atoms with Crippen LogP contribution in [0.3, 0.4) is 0 Å². The van der Waals surface area contributed by atoms with Gasteiger partial charge in [-0.15, -0.1) is 17.5 Å². The fraction of sp³-hybridized carbons (Fsp3) is 0.316. The van der Waals surface area contributed by atoms with Gasteiger partial charge in [0, 0.05) is 18.4 Å². The zero-order chi connectivity index (χ0) is 17.9. The van der Waals surface area contributed by atoms with Crippen LogP contribution in [-0.2, 0) is 11.3 Å². The predicted molar refractivity (Wildman–Crippen MR) is 106 cm³/mol. The van der Waals surface area contributed by atoms with Crippen molar-refractivity contribution in [2.45, 2.75) is 19.4 Å². The van der Waals surface area contributed by atoms with Crippen LogP contribution in [0.15, 0.2) is 53.5 Å². The molecule has 1 fully saturated rings. The maximum Gasteiger partial charge on any atom is 0.350 e. The van der Waals surface area contributed by atoms with Gasteiger partial charge in [-0.25, -0.2) is 9.48 Å². The zero-order valence-electron chi connectivity index (χ0n) is 14.8. The molecular formula is C19H22ClN5O2. The molecule has 1 atom stereocenters. The lowest BCUT2D eigenvalue weighted by atomic mass is 9.99. The fourth-order valence-electron chi connectivity index (χ4n) is 3.31. The molecule has 1 aliphatic rings. The molecule has 27 heavy (non-hydrogen) atoms. The normalized spacial score (nSPS) is 16.7. The van der Waals surface area contributed by atoms with E-state index < -0.39 is 0 Å². The highest BCUT2D eigenvalue weighted by atomic mass is 35.5. The Morgan fingerprint density at radius 3 is 2.93 bits per heavy atom. The molecule has 1 amide bonds. The van der Waals surface area contributed by atoms with Crippen molar-refractivity contribution in [2.24, 2.45) is 5.92 Å². The largest absolute Gasteiger partial charge is 0.350 e. The Kier molecular flexibility index (Phi) is 5.93. The van der Waals surface area contributed by atoms with E-state index in [1.807, 2.05) is 30.3 Å². The van der Waals surface area contributed by atoms with E-state index in [-0.39, 0.29) is 29.9 Å². The summed E-state index contributed by atoms with van der Waals surface area (Å²) in [6.45, 7) is 2.06. The van der Waals surface area contributed by atoms with Crippen LogP contribution in [0.25, 0.3) is 5.65 Å². The van der Waals surface area contributed by atoms with Crippen molar-refractivity contribution in [1.29, 1.82) is 0 Å². The van der Waals surface area contributed by atoms with Crippen LogP contribution in [0, 0.1) is 5.92 Å². The monoisotopic (exact) mass is 387 g/mol. The number of hydrogen-bond donors (Lipinski definition) is 2. The summed E-state index contributed by atoms with van der Waals surface area (Å²) in [5.74, 6) is 0.0488. The molecule has 142 valence electrons. The number of carbonyl (C=O) groups is 1. The SMILES string of the molecule is Cl.O=C(Nc1cccc(Cn2nc3ccccn3c2=O)c1)C1CCCNC1. The Morgan fingerprint density at radius 2 is 2.15 bits per heavy atom. The quantitative estimate of drug-likeness (QED) is 0.716. The second kappa shape index (κ2) is 8.37. The summed E-state index contributed by atoms with van der Waals surface area (Å²) in [6, 6.07) is 13.0. The number of fused-ring (bicyclic) bond motifs is 1. The second-order valence-corrected chi connectivity index (χ2v) is 6.60. The van der Waals surface area contributed by atoms with Crippen molar-refractivity contribution in [3.05, 3.63) is 64.7 Å². The first kappa shape index (κ1) is 19.1. The van der Waals surface area contributed by atoms with Crippen LogP contribution in [0.5, 0.6) is 0 Å². The van der Waals surface area contributed by atoms with E-state index in [4.69, 9.17) is 0 Å². The molecule has 4 rings (SSSR count). The van der Waals surface area contributed by atoms with Gasteiger partial charge in [0.15, 0.2) is 5.65 Å². The molecule has 0 saturated carbocycles. The topological polar surface area (TPSA) is 80.4 Å². The van der Waals surface area contributed by atoms with Crippen molar-refractivity contribution in [3.8, 4) is 0 Å². The maximum absolute atomic E-state index is 12.4. The Morgan fingerprint density at radius 1 is 1.26 bits per heavy atom. The number of benzene rings is 1. The maximum atomic E-state index is 12.4. The predicted octanol–water partition coefficient (Wildman–Crippen LogP) is 1.90. The highest BCUT2D eigenvalue weighted by Gasteiger charge is 2.20. The van der Waals surface area contributed by atoms with Crippen molar-refractivity contribution >= 4 is 29.6 Å². The Balaban J connectivity index is 0.00000210. The first-order valence-electron chi connectivity index (χ1n) is 8.85. The van der Waals surface area contributed by atoms with Crippen molar-refractivity contribution in [2.75, 3.05) is 18.4 Å². The lowest BCUT2D eigenvalue weighted by Gasteiger charge is -2.22. The van der Waals surface area contributed by atoms with Gasteiger partial charge in [-0.2, -0.15) is 0 Å². The average molecular weight is 388 g/mol. The van der Waals surface area contributed by atoms with Crippen LogP contribution in [-0.4, -0.2) is 33.2 Å². The third kappa shape index (κ3) is 4.20. The van der Waals surface area contributed by atoms with Gasteiger partial charge in [-0.1, -0.05) is 18.2 Å². The zero-order valence-corrected chi connectivity index (χ0v) is 15.6. The number of piperidine rings is 1. The van der Waals surface area contributed by atoms with E-state index >= 15 is 0 Å². The van der Waals surface area contributed by atoms with E-state index in [9.17, 15) is 9.59 Å². The van der Waals surface area contributed by atoms with Gasteiger partial charge in [-0.05, 0) is 49.2 Å². The molecule has 0 aliphatic carbocycles. The van der Waals surface area contributed by atoms with E-state index in [0.717, 1.165) is 37.2 Å². The number of hydrogen-bond acceptors (Lipinski definition) is 4. The van der Waals surface area contributed by atoms with Gasteiger partial charge in [0.1, 0.15) is 0 Å². The first-order chi connectivity index (χ1) is 12.7. The molecular weight excluding hydrogens is 366 g/mol. The van der Waals surface area contributed by atoms with E-state index in [2.05, 4.69) is 15.7 Å². The average Bonchev–Trinajstić information content (AvgIpc) is 2.99. The van der Waals surface area contributed by atoms with Crippen LogP contribution in [0.2, 0.25) is 0 Å². The molecule has 3 aromatic rings.